The zero-order valence-electron chi connectivity index (χ0n) is 12.1. The molecule has 0 bridgehead atoms. The van der Waals surface area contributed by atoms with Crippen LogP contribution in [-0.4, -0.2) is 40.4 Å². The number of carbonyl (C=O) groups excluding carboxylic acids is 1. The smallest absolute Gasteiger partial charge is 0.410 e. The van der Waals surface area contributed by atoms with Crippen LogP contribution in [0.25, 0.3) is 0 Å². The van der Waals surface area contributed by atoms with Crippen molar-refractivity contribution in [2.75, 3.05) is 6.54 Å². The van der Waals surface area contributed by atoms with Crippen molar-refractivity contribution < 1.29 is 14.6 Å². The molecule has 0 aromatic rings. The van der Waals surface area contributed by atoms with Crippen molar-refractivity contribution >= 4 is 6.09 Å². The number of rotatable bonds is 3. The van der Waals surface area contributed by atoms with E-state index in [1.807, 2.05) is 20.8 Å². The average molecular weight is 257 g/mol. The Hall–Kier alpha value is -0.770. The Bertz CT molecular complexity index is 265. The lowest BCUT2D eigenvalue weighted by atomic mass is 9.94. The van der Waals surface area contributed by atoms with Crippen LogP contribution in [0.2, 0.25) is 0 Å². The van der Waals surface area contributed by atoms with E-state index in [1.54, 1.807) is 11.8 Å². The predicted molar refractivity (Wildman–Crippen MR) is 71.5 cm³/mol. The van der Waals surface area contributed by atoms with Crippen LogP contribution >= 0.6 is 0 Å². The van der Waals surface area contributed by atoms with Gasteiger partial charge in [0.25, 0.3) is 0 Å². The summed E-state index contributed by atoms with van der Waals surface area (Å²) in [4.78, 5) is 13.9. The van der Waals surface area contributed by atoms with E-state index in [1.165, 1.54) is 6.42 Å². The van der Waals surface area contributed by atoms with Crippen LogP contribution in [0.5, 0.6) is 0 Å². The molecule has 4 nitrogen and oxygen atoms in total. The molecule has 1 rings (SSSR count). The fourth-order valence-corrected chi connectivity index (χ4v) is 2.37. The highest BCUT2D eigenvalue weighted by Gasteiger charge is 2.29. The first-order valence-corrected chi connectivity index (χ1v) is 6.97. The quantitative estimate of drug-likeness (QED) is 0.845. The number of nitrogens with zero attached hydrogens (tertiary/aromatic N) is 1. The van der Waals surface area contributed by atoms with E-state index in [-0.39, 0.29) is 12.1 Å². The van der Waals surface area contributed by atoms with Crippen molar-refractivity contribution in [1.82, 2.24) is 4.90 Å². The van der Waals surface area contributed by atoms with E-state index < -0.39 is 11.7 Å². The summed E-state index contributed by atoms with van der Waals surface area (Å²) < 4.78 is 5.43. The number of hydrogen-bond donors (Lipinski definition) is 1. The average Bonchev–Trinajstić information content (AvgIpc) is 2.24. The Morgan fingerprint density at radius 1 is 1.33 bits per heavy atom. The normalized spacial score (nSPS) is 19.4. The number of aliphatic hydroxyl groups is 1. The molecule has 0 spiro atoms. The highest BCUT2D eigenvalue weighted by molar-refractivity contribution is 5.68. The van der Waals surface area contributed by atoms with Gasteiger partial charge in [-0.3, -0.25) is 0 Å². The maximum absolute atomic E-state index is 12.2. The van der Waals surface area contributed by atoms with Gasteiger partial charge in [-0.15, -0.1) is 0 Å². The van der Waals surface area contributed by atoms with Gasteiger partial charge in [0.15, 0.2) is 0 Å². The van der Waals surface area contributed by atoms with E-state index in [2.05, 4.69) is 0 Å². The summed E-state index contributed by atoms with van der Waals surface area (Å²) >= 11 is 0. The lowest BCUT2D eigenvalue weighted by Gasteiger charge is -2.36. The molecular weight excluding hydrogens is 230 g/mol. The molecule has 18 heavy (non-hydrogen) atoms. The van der Waals surface area contributed by atoms with Gasteiger partial charge >= 0.3 is 6.09 Å². The van der Waals surface area contributed by atoms with Crippen molar-refractivity contribution in [3.05, 3.63) is 0 Å². The van der Waals surface area contributed by atoms with Gasteiger partial charge in [0, 0.05) is 12.6 Å². The summed E-state index contributed by atoms with van der Waals surface area (Å²) in [7, 11) is 0. The van der Waals surface area contributed by atoms with E-state index in [4.69, 9.17) is 4.74 Å². The van der Waals surface area contributed by atoms with Crippen molar-refractivity contribution in [1.29, 1.82) is 0 Å². The molecule has 4 heteroatoms. The molecule has 1 fully saturated rings. The lowest BCUT2D eigenvalue weighted by Crippen LogP contribution is -2.47. The maximum atomic E-state index is 12.2. The van der Waals surface area contributed by atoms with Crippen LogP contribution in [0.1, 0.15) is 59.8 Å². The second-order valence-corrected chi connectivity index (χ2v) is 6.27. The Morgan fingerprint density at radius 2 is 1.89 bits per heavy atom. The summed E-state index contributed by atoms with van der Waals surface area (Å²) in [5, 5.41) is 9.55. The van der Waals surface area contributed by atoms with Crippen molar-refractivity contribution in [3.63, 3.8) is 0 Å². The molecule has 1 N–H and O–H groups in total. The Morgan fingerprint density at radius 3 is 2.33 bits per heavy atom. The molecule has 1 saturated carbocycles. The number of aliphatic hydroxyl groups excluding tert-OH is 1. The predicted octanol–water partition coefficient (Wildman–Crippen LogP) is 2.94. The summed E-state index contributed by atoms with van der Waals surface area (Å²) in [5.41, 5.74) is -0.483. The first kappa shape index (κ1) is 15.3. The van der Waals surface area contributed by atoms with E-state index in [0.29, 0.717) is 6.54 Å². The van der Waals surface area contributed by atoms with Gasteiger partial charge in [-0.1, -0.05) is 19.3 Å². The molecule has 1 amide bonds. The molecule has 0 saturated heterocycles. The first-order chi connectivity index (χ1) is 8.29. The van der Waals surface area contributed by atoms with Gasteiger partial charge in [0.05, 0.1) is 6.10 Å². The fraction of sp³-hybridized carbons (Fsp3) is 0.929. The second kappa shape index (κ2) is 6.41. The molecule has 1 aliphatic rings. The minimum atomic E-state index is -0.514. The van der Waals surface area contributed by atoms with Gasteiger partial charge in [-0.25, -0.2) is 4.79 Å². The lowest BCUT2D eigenvalue weighted by molar-refractivity contribution is 0.00128. The summed E-state index contributed by atoms with van der Waals surface area (Å²) in [6.07, 6.45) is 4.79. The Labute approximate surface area is 110 Å². The minimum absolute atomic E-state index is 0.225. The van der Waals surface area contributed by atoms with Crippen LogP contribution in [0.3, 0.4) is 0 Å². The Kier molecular flexibility index (Phi) is 5.45. The van der Waals surface area contributed by atoms with Crippen molar-refractivity contribution in [2.45, 2.75) is 77.5 Å². The van der Waals surface area contributed by atoms with Gasteiger partial charge in [-0.2, -0.15) is 0 Å². The Balaban J connectivity index is 2.67. The van der Waals surface area contributed by atoms with Crippen LogP contribution in [0.15, 0.2) is 0 Å². The minimum Gasteiger partial charge on any atom is -0.444 e. The summed E-state index contributed by atoms with van der Waals surface area (Å²) in [6, 6.07) is 0.225. The summed E-state index contributed by atoms with van der Waals surface area (Å²) in [6.45, 7) is 7.67. The first-order valence-electron chi connectivity index (χ1n) is 6.97. The van der Waals surface area contributed by atoms with Crippen molar-refractivity contribution in [2.24, 2.45) is 0 Å². The molecule has 0 radical (unpaired) electrons. The summed E-state index contributed by atoms with van der Waals surface area (Å²) in [5.74, 6) is 0. The largest absolute Gasteiger partial charge is 0.444 e. The standard InChI is InChI=1S/C14H27NO3/c1-11(16)10-15(12-8-6-5-7-9-12)13(17)18-14(2,3)4/h11-12,16H,5-10H2,1-4H3/t11-/m1/s1. The zero-order chi connectivity index (χ0) is 13.8. The highest BCUT2D eigenvalue weighted by Crippen LogP contribution is 2.24. The van der Waals surface area contributed by atoms with E-state index in [0.717, 1.165) is 25.7 Å². The zero-order valence-corrected chi connectivity index (χ0v) is 12.1. The fourth-order valence-electron chi connectivity index (χ4n) is 2.37. The number of carbonyl (C=O) groups is 1. The highest BCUT2D eigenvalue weighted by atomic mass is 16.6. The van der Waals surface area contributed by atoms with E-state index in [9.17, 15) is 9.90 Å². The molecule has 106 valence electrons. The van der Waals surface area contributed by atoms with E-state index >= 15 is 0 Å². The molecular formula is C14H27NO3. The van der Waals surface area contributed by atoms with Gasteiger partial charge < -0.3 is 14.7 Å². The van der Waals surface area contributed by atoms with Gasteiger partial charge in [0.1, 0.15) is 5.60 Å². The number of amides is 1. The molecule has 0 heterocycles. The third-order valence-electron chi connectivity index (χ3n) is 3.10. The van der Waals surface area contributed by atoms with Crippen LogP contribution in [0, 0.1) is 0 Å². The SMILES string of the molecule is C[C@@H](O)CN(C(=O)OC(C)(C)C)C1CCCCC1. The van der Waals surface area contributed by atoms with Gasteiger partial charge in [0.2, 0.25) is 0 Å². The number of hydrogen-bond acceptors (Lipinski definition) is 3. The molecule has 0 aromatic carbocycles. The number of ether oxygens (including phenoxy) is 1. The molecule has 0 unspecified atom stereocenters. The van der Waals surface area contributed by atoms with Crippen LogP contribution in [0.4, 0.5) is 4.79 Å². The third kappa shape index (κ3) is 5.25. The van der Waals surface area contributed by atoms with Crippen molar-refractivity contribution in [3.8, 4) is 0 Å². The van der Waals surface area contributed by atoms with Crippen LogP contribution in [-0.2, 0) is 4.74 Å². The topological polar surface area (TPSA) is 49.8 Å². The molecule has 0 aromatic heterocycles. The third-order valence-corrected chi connectivity index (χ3v) is 3.10. The maximum Gasteiger partial charge on any atom is 0.410 e. The molecule has 1 aliphatic carbocycles. The monoisotopic (exact) mass is 257 g/mol. The molecule has 1 atom stereocenters. The van der Waals surface area contributed by atoms with Gasteiger partial charge in [-0.05, 0) is 40.5 Å². The molecule has 0 aliphatic heterocycles. The van der Waals surface area contributed by atoms with Crippen LogP contribution < -0.4 is 0 Å². The second-order valence-electron chi connectivity index (χ2n) is 6.27.